The zero-order valence-electron chi connectivity index (χ0n) is 20.8. The van der Waals surface area contributed by atoms with Crippen LogP contribution in [0, 0.1) is 0 Å². The summed E-state index contributed by atoms with van der Waals surface area (Å²) >= 11 is 0. The lowest BCUT2D eigenvalue weighted by Crippen LogP contribution is -2.29. The smallest absolute Gasteiger partial charge is 0.170 e. The van der Waals surface area contributed by atoms with Crippen molar-refractivity contribution < 1.29 is 9.30 Å². The van der Waals surface area contributed by atoms with Crippen molar-refractivity contribution in [1.82, 2.24) is 0 Å². The third-order valence-corrected chi connectivity index (χ3v) is 10.3. The zero-order valence-corrected chi connectivity index (χ0v) is 21.7. The van der Waals surface area contributed by atoms with Crippen molar-refractivity contribution in [2.75, 3.05) is 7.11 Å². The molecule has 3 aromatic carbocycles. The molecule has 4 rings (SSSR count). The molecule has 0 radical (unpaired) electrons. The van der Waals surface area contributed by atoms with Gasteiger partial charge in [-0.15, -0.1) is 0 Å². The lowest BCUT2D eigenvalue weighted by Gasteiger charge is -2.37. The fourth-order valence-corrected chi connectivity index (χ4v) is 8.69. The second-order valence-electron chi connectivity index (χ2n) is 9.22. The summed E-state index contributed by atoms with van der Waals surface area (Å²) in [6.45, 7) is 11.3. The third-order valence-electron chi connectivity index (χ3n) is 7.26. The molecule has 0 N–H and O–H groups in total. The van der Waals surface area contributed by atoms with Gasteiger partial charge in [0.25, 0.3) is 0 Å². The zero-order chi connectivity index (χ0) is 24.3. The Labute approximate surface area is 204 Å². The Morgan fingerprint density at radius 2 is 1.41 bits per heavy atom. The van der Waals surface area contributed by atoms with Gasteiger partial charge in [0.15, 0.2) is 7.14 Å². The molecule has 1 aliphatic rings. The van der Waals surface area contributed by atoms with Crippen molar-refractivity contribution in [3.05, 3.63) is 107 Å². The summed E-state index contributed by atoms with van der Waals surface area (Å²) in [6.07, 6.45) is 4.02. The van der Waals surface area contributed by atoms with E-state index in [9.17, 15) is 0 Å². The molecule has 1 aliphatic carbocycles. The molecule has 2 nitrogen and oxygen atoms in total. The third kappa shape index (κ3) is 3.79. The average Bonchev–Trinajstić information content (AvgIpc) is 3.11. The topological polar surface area (TPSA) is 26.3 Å². The molecule has 176 valence electrons. The van der Waals surface area contributed by atoms with Gasteiger partial charge in [-0.05, 0) is 54.2 Å². The van der Waals surface area contributed by atoms with E-state index in [1.54, 1.807) is 7.11 Å². The summed E-state index contributed by atoms with van der Waals surface area (Å²) in [7, 11) is -1.44. The second kappa shape index (κ2) is 9.80. The Kier molecular flexibility index (Phi) is 7.01. The number of ether oxygens (including phenoxy) is 1. The predicted octanol–water partition coefficient (Wildman–Crippen LogP) is 7.85. The van der Waals surface area contributed by atoms with Crippen molar-refractivity contribution in [3.8, 4) is 5.75 Å². The van der Waals surface area contributed by atoms with Crippen LogP contribution in [0.2, 0.25) is 0 Å². The highest BCUT2D eigenvalue weighted by molar-refractivity contribution is 7.82. The van der Waals surface area contributed by atoms with Crippen LogP contribution in [0.4, 0.5) is 0 Å². The molecule has 0 saturated heterocycles. The first-order valence-corrected chi connectivity index (χ1v) is 14.0. The van der Waals surface area contributed by atoms with Crippen LogP contribution in [0.5, 0.6) is 5.75 Å². The summed E-state index contributed by atoms with van der Waals surface area (Å²) in [5.41, 5.74) is 4.64. The van der Waals surface area contributed by atoms with Gasteiger partial charge in [0, 0.05) is 21.3 Å². The minimum Gasteiger partial charge on any atom is -0.497 e. The van der Waals surface area contributed by atoms with E-state index in [1.165, 1.54) is 16.7 Å². The molecule has 0 bridgehead atoms. The highest BCUT2D eigenvalue weighted by Gasteiger charge is 2.47. The first-order valence-electron chi connectivity index (χ1n) is 12.3. The van der Waals surface area contributed by atoms with Crippen molar-refractivity contribution in [2.45, 2.75) is 51.9 Å². The van der Waals surface area contributed by atoms with Gasteiger partial charge in [-0.1, -0.05) is 100.0 Å². The fraction of sp³-hybridized carbons (Fsp3) is 0.290. The molecule has 0 spiro atoms. The van der Waals surface area contributed by atoms with E-state index in [-0.39, 0.29) is 5.41 Å². The van der Waals surface area contributed by atoms with E-state index in [4.69, 9.17) is 4.74 Å². The van der Waals surface area contributed by atoms with Gasteiger partial charge in [0.1, 0.15) is 5.75 Å². The molecular formula is C31H35O2P. The molecule has 0 saturated carbocycles. The van der Waals surface area contributed by atoms with Gasteiger partial charge in [0.2, 0.25) is 0 Å². The summed E-state index contributed by atoms with van der Waals surface area (Å²) in [6, 6.07) is 26.2. The van der Waals surface area contributed by atoms with Crippen LogP contribution >= 0.6 is 7.14 Å². The molecule has 0 atom stereocenters. The van der Waals surface area contributed by atoms with E-state index in [1.807, 2.05) is 66.7 Å². The molecule has 34 heavy (non-hydrogen) atoms. The minimum absolute atomic E-state index is 0.228. The van der Waals surface area contributed by atoms with Crippen LogP contribution in [0.25, 0.3) is 5.57 Å². The van der Waals surface area contributed by atoms with Crippen LogP contribution in [-0.2, 0) is 9.98 Å². The lowest BCUT2D eigenvalue weighted by molar-refractivity contribution is 0.405. The maximum Gasteiger partial charge on any atom is 0.170 e. The standard InChI is InChI=1S/C31H35O2P/c1-6-20-31(21-7-2)29-22-25(33-5)18-19-28(29)23(3)30(31)24(4)34(32,26-14-10-8-11-15-26)27-16-12-9-13-17-27/h8-19,22H,4,6-7,20-21H2,1-3,5H3. The summed E-state index contributed by atoms with van der Waals surface area (Å²) < 4.78 is 20.9. The average molecular weight is 471 g/mol. The summed E-state index contributed by atoms with van der Waals surface area (Å²) in [5, 5.41) is 2.43. The Bertz CT molecular complexity index is 1210. The van der Waals surface area contributed by atoms with Crippen LogP contribution < -0.4 is 15.3 Å². The van der Waals surface area contributed by atoms with Gasteiger partial charge >= 0.3 is 0 Å². The molecule has 0 fully saturated rings. The van der Waals surface area contributed by atoms with E-state index >= 15 is 4.57 Å². The van der Waals surface area contributed by atoms with Gasteiger partial charge < -0.3 is 9.30 Å². The number of hydrogen-bond acceptors (Lipinski definition) is 2. The van der Waals surface area contributed by atoms with Crippen LogP contribution in [-0.4, -0.2) is 7.11 Å². The van der Waals surface area contributed by atoms with E-state index in [0.717, 1.165) is 52.9 Å². The highest BCUT2D eigenvalue weighted by Crippen LogP contribution is 2.63. The maximum absolute atomic E-state index is 15.3. The Hall–Kier alpha value is -2.83. The second-order valence-corrected chi connectivity index (χ2v) is 12.0. The van der Waals surface area contributed by atoms with E-state index < -0.39 is 7.14 Å². The van der Waals surface area contributed by atoms with Crippen LogP contribution in [0.3, 0.4) is 0 Å². The largest absolute Gasteiger partial charge is 0.497 e. The quantitative estimate of drug-likeness (QED) is 0.298. The summed E-state index contributed by atoms with van der Waals surface area (Å²) in [4.78, 5) is 0. The van der Waals surface area contributed by atoms with Crippen LogP contribution in [0.1, 0.15) is 57.6 Å². The number of fused-ring (bicyclic) bond motifs is 1. The van der Waals surface area contributed by atoms with Crippen molar-refractivity contribution in [2.24, 2.45) is 0 Å². The molecule has 0 aromatic heterocycles. The molecule has 3 aromatic rings. The fourth-order valence-electron chi connectivity index (χ4n) is 5.89. The van der Waals surface area contributed by atoms with E-state index in [0.29, 0.717) is 0 Å². The molecular weight excluding hydrogens is 435 g/mol. The van der Waals surface area contributed by atoms with Gasteiger partial charge in [-0.25, -0.2) is 0 Å². The first kappa shape index (κ1) is 24.3. The molecule has 0 aliphatic heterocycles. The van der Waals surface area contributed by atoms with Crippen molar-refractivity contribution in [1.29, 1.82) is 0 Å². The Morgan fingerprint density at radius 3 is 1.88 bits per heavy atom. The number of methoxy groups -OCH3 is 1. The predicted molar refractivity (Wildman–Crippen MR) is 146 cm³/mol. The minimum atomic E-state index is -3.16. The SMILES string of the molecule is C=C(C1=C(C)c2ccc(OC)cc2C1(CCC)CCC)P(=O)(c1ccccc1)c1ccccc1. The molecule has 3 heteroatoms. The maximum atomic E-state index is 15.3. The highest BCUT2D eigenvalue weighted by atomic mass is 31.2. The molecule has 0 amide bonds. The number of rotatable bonds is 9. The van der Waals surface area contributed by atoms with Crippen LogP contribution in [0.15, 0.2) is 96.3 Å². The van der Waals surface area contributed by atoms with E-state index in [2.05, 4.69) is 39.5 Å². The monoisotopic (exact) mass is 470 g/mol. The lowest BCUT2D eigenvalue weighted by atomic mass is 9.70. The van der Waals surface area contributed by atoms with Gasteiger partial charge in [0.05, 0.1) is 7.11 Å². The number of hydrogen-bond donors (Lipinski definition) is 0. The number of allylic oxidation sites excluding steroid dienone is 3. The molecule has 0 heterocycles. The van der Waals surface area contributed by atoms with Crippen molar-refractivity contribution in [3.63, 3.8) is 0 Å². The van der Waals surface area contributed by atoms with Crippen molar-refractivity contribution >= 4 is 23.3 Å². The molecule has 0 unspecified atom stereocenters. The summed E-state index contributed by atoms with van der Waals surface area (Å²) in [5.74, 6) is 0.865. The Morgan fingerprint density at radius 1 is 0.882 bits per heavy atom. The number of benzene rings is 3. The van der Waals surface area contributed by atoms with Gasteiger partial charge in [-0.3, -0.25) is 0 Å². The first-order chi connectivity index (χ1) is 16.4. The normalized spacial score (nSPS) is 14.7. The Balaban J connectivity index is 2.01. The van der Waals surface area contributed by atoms with Gasteiger partial charge in [-0.2, -0.15) is 0 Å².